The molecule has 2 aliphatic heterocycles. The number of benzene rings is 2. The molecule has 4 atom stereocenters. The zero-order valence-corrected chi connectivity index (χ0v) is 26.0. The van der Waals surface area contributed by atoms with Gasteiger partial charge in [0.15, 0.2) is 5.60 Å². The van der Waals surface area contributed by atoms with Crippen LogP contribution in [0.3, 0.4) is 0 Å². The second-order valence-corrected chi connectivity index (χ2v) is 15.9. The molecule has 2 amide bonds. The van der Waals surface area contributed by atoms with E-state index in [4.69, 9.17) is 4.74 Å². The number of hydrogen-bond donors (Lipinski definition) is 2. The summed E-state index contributed by atoms with van der Waals surface area (Å²) in [4.78, 5) is 29.1. The lowest BCUT2D eigenvalue weighted by molar-refractivity contribution is -0.146. The highest BCUT2D eigenvalue weighted by Crippen LogP contribution is 2.60. The molecule has 41 heavy (non-hydrogen) atoms. The van der Waals surface area contributed by atoms with E-state index in [0.717, 1.165) is 12.8 Å². The Morgan fingerprint density at radius 1 is 1.15 bits per heavy atom. The van der Waals surface area contributed by atoms with Crippen LogP contribution < -0.4 is 10.2 Å². The summed E-state index contributed by atoms with van der Waals surface area (Å²) in [6.07, 6.45) is 5.78. The molecule has 1 spiro atoms. The molecule has 0 bridgehead atoms. The Morgan fingerprint density at radius 3 is 2.49 bits per heavy atom. The molecule has 0 saturated carbocycles. The summed E-state index contributed by atoms with van der Waals surface area (Å²) in [7, 11) is -3.29. The second kappa shape index (κ2) is 12.4. The Labute approximate surface area is 244 Å². The fraction of sp³-hybridized carbons (Fsp3) is 0.455. The van der Waals surface area contributed by atoms with Crippen LogP contribution in [0, 0.1) is 5.92 Å². The van der Waals surface area contributed by atoms with Crippen LogP contribution in [-0.4, -0.2) is 44.6 Å². The lowest BCUT2D eigenvalue weighted by Gasteiger charge is -2.31. The van der Waals surface area contributed by atoms with Crippen molar-refractivity contribution in [2.24, 2.45) is 5.92 Å². The summed E-state index contributed by atoms with van der Waals surface area (Å²) in [5.74, 6) is -0.933. The number of carbonyl (C=O) groups excluding carboxylic acids is 2. The van der Waals surface area contributed by atoms with Crippen LogP contribution in [0.5, 0.6) is 0 Å². The zero-order chi connectivity index (χ0) is 29.9. The Hall–Kier alpha value is -3.07. The number of hydrogen-bond acceptors (Lipinski definition) is 4. The molecule has 0 radical (unpaired) electrons. The van der Waals surface area contributed by atoms with Crippen LogP contribution in [0.15, 0.2) is 71.8 Å². The number of nitrogens with zero attached hydrogens (tertiary/aromatic N) is 1. The first-order chi connectivity index (χ1) is 19.4. The summed E-state index contributed by atoms with van der Waals surface area (Å²) in [5.41, 5.74) is 2.98. The molecular formula is C33H43FN2O4Si. The van der Waals surface area contributed by atoms with Gasteiger partial charge in [0.1, 0.15) is 0 Å². The van der Waals surface area contributed by atoms with Gasteiger partial charge in [-0.05, 0) is 83.5 Å². The number of halogens is 1. The van der Waals surface area contributed by atoms with Crippen LogP contribution in [0.25, 0.3) is 0 Å². The number of allylic oxidation sites excluding steroid dienone is 3. The fourth-order valence-electron chi connectivity index (χ4n) is 6.43. The highest BCUT2D eigenvalue weighted by Gasteiger charge is 2.66. The van der Waals surface area contributed by atoms with E-state index >= 15 is 4.11 Å². The molecule has 4 rings (SSSR count). The normalized spacial score (nSPS) is 24.1. The van der Waals surface area contributed by atoms with Crippen molar-refractivity contribution in [2.45, 2.75) is 77.3 Å². The van der Waals surface area contributed by atoms with E-state index in [1.54, 1.807) is 54.4 Å². The van der Waals surface area contributed by atoms with E-state index in [1.807, 2.05) is 19.1 Å². The van der Waals surface area contributed by atoms with Gasteiger partial charge in [0.05, 0.1) is 11.8 Å². The maximum absolute atomic E-state index is 15.8. The largest absolute Gasteiger partial charge is 0.396 e. The number of nitrogens with one attached hydrogen (secondary N) is 1. The van der Waals surface area contributed by atoms with Crippen molar-refractivity contribution in [3.8, 4) is 0 Å². The molecule has 2 aliphatic rings. The SMILES string of the molecule is CC(C)=CCC/C(C)=C/CN1C(=O)[C@@]2(O[C@@H](CCO)[C@H]([Si](C)(C)F)[C@H]2C)c2cc(NC(=O)c3ccccc3)ccc21. The Bertz CT molecular complexity index is 1330. The number of anilines is 2. The third kappa shape index (κ3) is 6.25. The maximum Gasteiger partial charge on any atom is 0.264 e. The van der Waals surface area contributed by atoms with Gasteiger partial charge in [-0.15, -0.1) is 0 Å². The predicted octanol–water partition coefficient (Wildman–Crippen LogP) is 7.14. The molecule has 2 heterocycles. The monoisotopic (exact) mass is 578 g/mol. The van der Waals surface area contributed by atoms with Gasteiger partial charge >= 0.3 is 0 Å². The lowest BCUT2D eigenvalue weighted by Crippen LogP contribution is -2.45. The molecule has 8 heteroatoms. The summed E-state index contributed by atoms with van der Waals surface area (Å²) in [5, 5.41) is 12.8. The Kier molecular flexibility index (Phi) is 9.36. The standard InChI is InChI=1S/C33H43FN2O4Si/c1-22(2)11-10-12-23(3)17-19-36-28-16-15-26(35-31(38)25-13-8-7-9-14-25)21-27(28)33(32(36)39)24(4)30(41(5,6)34)29(40-33)18-20-37/h7-9,11,13-17,21,24,29-30,37H,10,12,18-20H2,1-6H3,(H,35,38)/b23-17+/t24-,29+,30-,33+/m1/s1. The van der Waals surface area contributed by atoms with Crippen molar-refractivity contribution in [1.82, 2.24) is 0 Å². The molecule has 2 aromatic carbocycles. The van der Waals surface area contributed by atoms with Gasteiger partial charge in [-0.25, -0.2) is 0 Å². The number of aliphatic hydroxyl groups excluding tert-OH is 1. The van der Waals surface area contributed by atoms with Gasteiger partial charge < -0.3 is 24.2 Å². The van der Waals surface area contributed by atoms with Crippen molar-refractivity contribution < 1.29 is 23.5 Å². The molecule has 220 valence electrons. The maximum atomic E-state index is 15.8. The zero-order valence-electron chi connectivity index (χ0n) is 25.0. The summed E-state index contributed by atoms with van der Waals surface area (Å²) in [6, 6.07) is 14.4. The van der Waals surface area contributed by atoms with Crippen LogP contribution in [0.1, 0.15) is 62.9 Å². The first-order valence-electron chi connectivity index (χ1n) is 14.5. The lowest BCUT2D eigenvalue weighted by atomic mass is 9.82. The van der Waals surface area contributed by atoms with E-state index in [0.29, 0.717) is 29.0 Å². The van der Waals surface area contributed by atoms with E-state index < -0.39 is 31.6 Å². The van der Waals surface area contributed by atoms with E-state index in [-0.39, 0.29) is 24.8 Å². The van der Waals surface area contributed by atoms with Gasteiger partial charge in [0, 0.05) is 41.4 Å². The highest BCUT2D eigenvalue weighted by molar-refractivity contribution is 6.72. The molecule has 1 saturated heterocycles. The molecule has 6 nitrogen and oxygen atoms in total. The van der Waals surface area contributed by atoms with Crippen molar-refractivity contribution >= 4 is 31.6 Å². The Balaban J connectivity index is 1.74. The van der Waals surface area contributed by atoms with Crippen LogP contribution in [0.4, 0.5) is 15.5 Å². The van der Waals surface area contributed by atoms with Crippen LogP contribution >= 0.6 is 0 Å². The summed E-state index contributed by atoms with van der Waals surface area (Å²) < 4.78 is 22.4. The number of aliphatic hydroxyl groups is 1. The van der Waals surface area contributed by atoms with Crippen molar-refractivity contribution in [3.05, 3.63) is 83.0 Å². The molecule has 0 aromatic heterocycles. The quantitative estimate of drug-likeness (QED) is 0.179. The minimum atomic E-state index is -3.29. The molecule has 1 fully saturated rings. The Morgan fingerprint density at radius 2 is 1.85 bits per heavy atom. The highest BCUT2D eigenvalue weighted by atomic mass is 28.4. The summed E-state index contributed by atoms with van der Waals surface area (Å²) >= 11 is 0. The molecule has 0 aliphatic carbocycles. The number of fused-ring (bicyclic) bond motifs is 2. The fourth-order valence-corrected chi connectivity index (χ4v) is 8.98. The molecule has 0 unspecified atom stereocenters. The van der Waals surface area contributed by atoms with Gasteiger partial charge in [-0.2, -0.15) is 0 Å². The topological polar surface area (TPSA) is 78.9 Å². The van der Waals surface area contributed by atoms with E-state index in [1.165, 1.54) is 11.1 Å². The average Bonchev–Trinajstić information content (AvgIpc) is 3.34. The number of carbonyl (C=O) groups is 2. The van der Waals surface area contributed by atoms with Gasteiger partial charge in [0.25, 0.3) is 11.8 Å². The van der Waals surface area contributed by atoms with Crippen LogP contribution in [0.2, 0.25) is 18.6 Å². The van der Waals surface area contributed by atoms with Crippen molar-refractivity contribution in [1.29, 1.82) is 0 Å². The van der Waals surface area contributed by atoms with Crippen molar-refractivity contribution in [3.63, 3.8) is 0 Å². The van der Waals surface area contributed by atoms with E-state index in [2.05, 4.69) is 38.2 Å². The first kappa shape index (κ1) is 30.9. The number of amides is 2. The minimum Gasteiger partial charge on any atom is -0.396 e. The van der Waals surface area contributed by atoms with E-state index in [9.17, 15) is 14.7 Å². The van der Waals surface area contributed by atoms with Crippen LogP contribution in [-0.2, 0) is 15.1 Å². The number of rotatable bonds is 10. The molecular weight excluding hydrogens is 535 g/mol. The molecule has 2 aromatic rings. The third-order valence-corrected chi connectivity index (χ3v) is 10.8. The van der Waals surface area contributed by atoms with Crippen molar-refractivity contribution in [2.75, 3.05) is 23.4 Å². The third-order valence-electron chi connectivity index (χ3n) is 8.38. The average molecular weight is 579 g/mol. The second-order valence-electron chi connectivity index (χ2n) is 12.1. The van der Waals surface area contributed by atoms with Gasteiger partial charge in [-0.1, -0.05) is 48.4 Å². The predicted molar refractivity (Wildman–Crippen MR) is 165 cm³/mol. The first-order valence-corrected chi connectivity index (χ1v) is 17.4. The number of ether oxygens (including phenoxy) is 1. The summed E-state index contributed by atoms with van der Waals surface area (Å²) in [6.45, 7) is 11.6. The molecule has 2 N–H and O–H groups in total. The van der Waals surface area contributed by atoms with Gasteiger partial charge in [0.2, 0.25) is 8.41 Å². The minimum absolute atomic E-state index is 0.153. The van der Waals surface area contributed by atoms with Gasteiger partial charge in [-0.3, -0.25) is 9.59 Å². The smallest absolute Gasteiger partial charge is 0.264 e.